The average molecular weight is 229 g/mol. The van der Waals surface area contributed by atoms with E-state index in [-0.39, 0.29) is 31.4 Å². The van der Waals surface area contributed by atoms with Gasteiger partial charge in [-0.3, -0.25) is 19.3 Å². The van der Waals surface area contributed by atoms with Gasteiger partial charge in [0, 0.05) is 20.6 Å². The maximum absolute atomic E-state index is 11.4. The lowest BCUT2D eigenvalue weighted by atomic mass is 10.2. The second-order valence-corrected chi connectivity index (χ2v) is 3.85. The summed E-state index contributed by atoms with van der Waals surface area (Å²) in [4.78, 5) is 36.2. The molecule has 0 saturated carbocycles. The molecule has 16 heavy (non-hydrogen) atoms. The van der Waals surface area contributed by atoms with Gasteiger partial charge in [-0.25, -0.2) is 0 Å². The Hall–Kier alpha value is -1.63. The van der Waals surface area contributed by atoms with Crippen molar-refractivity contribution in [3.8, 4) is 0 Å². The number of rotatable bonds is 3. The number of hydrogen-bond donors (Lipinski definition) is 2. The Labute approximate surface area is 93.0 Å². The highest BCUT2D eigenvalue weighted by molar-refractivity contribution is 5.85. The van der Waals surface area contributed by atoms with E-state index < -0.39 is 12.0 Å². The highest BCUT2D eigenvalue weighted by Gasteiger charge is 2.33. The predicted molar refractivity (Wildman–Crippen MR) is 54.7 cm³/mol. The van der Waals surface area contributed by atoms with Gasteiger partial charge < -0.3 is 15.3 Å². The minimum absolute atomic E-state index is 0.0366. The predicted octanol–water partition coefficient (Wildman–Crippen LogP) is -2.04. The average Bonchev–Trinajstić information content (AvgIpc) is 2.16. The molecule has 1 aliphatic rings. The highest BCUT2D eigenvalue weighted by atomic mass is 16.4. The maximum Gasteiger partial charge on any atom is 0.322 e. The Kier molecular flexibility index (Phi) is 3.83. The Morgan fingerprint density at radius 2 is 2.19 bits per heavy atom. The zero-order valence-corrected chi connectivity index (χ0v) is 9.27. The van der Waals surface area contributed by atoms with E-state index in [1.54, 1.807) is 14.1 Å². The van der Waals surface area contributed by atoms with Crippen LogP contribution in [-0.2, 0) is 14.4 Å². The van der Waals surface area contributed by atoms with Gasteiger partial charge in [0.25, 0.3) is 0 Å². The molecule has 1 fully saturated rings. The normalized spacial score (nSPS) is 21.4. The van der Waals surface area contributed by atoms with Gasteiger partial charge in [-0.1, -0.05) is 0 Å². The SMILES string of the molecule is CN(C)C(=O)CN1CC(=O)NCC1C(=O)O. The number of carbonyl (C=O) groups is 3. The van der Waals surface area contributed by atoms with Crippen LogP contribution < -0.4 is 5.32 Å². The second-order valence-electron chi connectivity index (χ2n) is 3.85. The number of aliphatic carboxylic acids is 1. The highest BCUT2D eigenvalue weighted by Crippen LogP contribution is 2.04. The van der Waals surface area contributed by atoms with Crippen LogP contribution in [0.1, 0.15) is 0 Å². The van der Waals surface area contributed by atoms with Crippen LogP contribution in [0.5, 0.6) is 0 Å². The molecule has 1 heterocycles. The van der Waals surface area contributed by atoms with E-state index in [4.69, 9.17) is 5.11 Å². The quantitative estimate of drug-likeness (QED) is 0.582. The van der Waals surface area contributed by atoms with E-state index in [0.29, 0.717) is 0 Å². The number of amides is 2. The number of piperazine rings is 1. The number of hydrogen-bond acceptors (Lipinski definition) is 4. The van der Waals surface area contributed by atoms with Crippen LogP contribution in [0, 0.1) is 0 Å². The number of carboxylic acid groups (broad SMARTS) is 1. The summed E-state index contributed by atoms with van der Waals surface area (Å²) in [6, 6.07) is -0.832. The Balaban J connectivity index is 2.68. The van der Waals surface area contributed by atoms with Gasteiger partial charge in [0.1, 0.15) is 6.04 Å². The summed E-state index contributed by atoms with van der Waals surface area (Å²) in [7, 11) is 3.17. The first kappa shape index (κ1) is 12.4. The first-order valence-electron chi connectivity index (χ1n) is 4.85. The van der Waals surface area contributed by atoms with Crippen LogP contribution >= 0.6 is 0 Å². The Morgan fingerprint density at radius 3 is 2.69 bits per heavy atom. The largest absolute Gasteiger partial charge is 0.480 e. The van der Waals surface area contributed by atoms with Gasteiger partial charge in [0.15, 0.2) is 0 Å². The first-order chi connectivity index (χ1) is 7.41. The van der Waals surface area contributed by atoms with Gasteiger partial charge >= 0.3 is 5.97 Å². The molecule has 2 N–H and O–H groups in total. The molecule has 2 amide bonds. The van der Waals surface area contributed by atoms with Gasteiger partial charge in [-0.2, -0.15) is 0 Å². The third-order valence-electron chi connectivity index (χ3n) is 2.40. The van der Waals surface area contributed by atoms with Crippen LogP contribution in [0.25, 0.3) is 0 Å². The lowest BCUT2D eigenvalue weighted by molar-refractivity contribution is -0.147. The van der Waals surface area contributed by atoms with Gasteiger partial charge in [0.05, 0.1) is 13.1 Å². The van der Waals surface area contributed by atoms with E-state index >= 15 is 0 Å². The first-order valence-corrected chi connectivity index (χ1v) is 4.85. The van der Waals surface area contributed by atoms with Crippen LogP contribution in [0.4, 0.5) is 0 Å². The van der Waals surface area contributed by atoms with Crippen molar-refractivity contribution < 1.29 is 19.5 Å². The zero-order valence-electron chi connectivity index (χ0n) is 9.27. The van der Waals surface area contributed by atoms with Crippen molar-refractivity contribution in [2.75, 3.05) is 33.7 Å². The summed E-state index contributed by atoms with van der Waals surface area (Å²) in [5.41, 5.74) is 0. The molecule has 0 aliphatic carbocycles. The van der Waals surface area contributed by atoms with E-state index in [9.17, 15) is 14.4 Å². The number of nitrogens with one attached hydrogen (secondary N) is 1. The molecule has 0 spiro atoms. The molecule has 0 aromatic heterocycles. The van der Waals surface area contributed by atoms with Crippen molar-refractivity contribution in [2.24, 2.45) is 0 Å². The van der Waals surface area contributed by atoms with Crippen molar-refractivity contribution in [2.45, 2.75) is 6.04 Å². The standard InChI is InChI=1S/C9H15N3O4/c1-11(2)8(14)5-12-4-7(13)10-3-6(12)9(15)16/h6H,3-5H2,1-2H3,(H,10,13)(H,15,16). The molecule has 0 bridgehead atoms. The van der Waals surface area contributed by atoms with Crippen molar-refractivity contribution in [3.63, 3.8) is 0 Å². The molecule has 1 saturated heterocycles. The Bertz CT molecular complexity index is 316. The molecule has 7 nitrogen and oxygen atoms in total. The summed E-state index contributed by atoms with van der Waals surface area (Å²) in [6.07, 6.45) is 0. The summed E-state index contributed by atoms with van der Waals surface area (Å²) >= 11 is 0. The van der Waals surface area contributed by atoms with E-state index in [1.165, 1.54) is 9.80 Å². The Morgan fingerprint density at radius 1 is 1.56 bits per heavy atom. The number of carbonyl (C=O) groups excluding carboxylic acids is 2. The molecule has 1 atom stereocenters. The summed E-state index contributed by atoms with van der Waals surface area (Å²) < 4.78 is 0. The number of likely N-dealkylation sites (N-methyl/N-ethyl adjacent to an activating group) is 1. The fourth-order valence-corrected chi connectivity index (χ4v) is 1.41. The van der Waals surface area contributed by atoms with Crippen LogP contribution in [0.15, 0.2) is 0 Å². The molecule has 7 heteroatoms. The van der Waals surface area contributed by atoms with E-state index in [2.05, 4.69) is 5.32 Å². The zero-order chi connectivity index (χ0) is 12.3. The molecular weight excluding hydrogens is 214 g/mol. The summed E-state index contributed by atoms with van der Waals surface area (Å²) in [5, 5.41) is 11.4. The second kappa shape index (κ2) is 4.93. The van der Waals surface area contributed by atoms with Crippen molar-refractivity contribution in [1.82, 2.24) is 15.1 Å². The molecule has 0 radical (unpaired) electrons. The molecular formula is C9H15N3O4. The number of carboxylic acids is 1. The third-order valence-corrected chi connectivity index (χ3v) is 2.40. The van der Waals surface area contributed by atoms with E-state index in [0.717, 1.165) is 0 Å². The van der Waals surface area contributed by atoms with Crippen LogP contribution in [0.3, 0.4) is 0 Å². The third kappa shape index (κ3) is 2.93. The summed E-state index contributed by atoms with van der Waals surface area (Å²) in [6.45, 7) is -0.0805. The molecule has 90 valence electrons. The smallest absolute Gasteiger partial charge is 0.322 e. The topological polar surface area (TPSA) is 90.0 Å². The van der Waals surface area contributed by atoms with Crippen LogP contribution in [-0.4, -0.2) is 72.5 Å². The molecule has 0 aromatic rings. The summed E-state index contributed by atoms with van der Waals surface area (Å²) in [5.74, 6) is -1.52. The van der Waals surface area contributed by atoms with Gasteiger partial charge in [0.2, 0.25) is 11.8 Å². The maximum atomic E-state index is 11.4. The van der Waals surface area contributed by atoms with Crippen LogP contribution in [0.2, 0.25) is 0 Å². The van der Waals surface area contributed by atoms with E-state index in [1.807, 2.05) is 0 Å². The minimum Gasteiger partial charge on any atom is -0.480 e. The number of nitrogens with zero attached hydrogens (tertiary/aromatic N) is 2. The lowest BCUT2D eigenvalue weighted by Crippen LogP contribution is -2.59. The monoisotopic (exact) mass is 229 g/mol. The van der Waals surface area contributed by atoms with Crippen molar-refractivity contribution in [1.29, 1.82) is 0 Å². The lowest BCUT2D eigenvalue weighted by Gasteiger charge is -2.32. The molecule has 1 rings (SSSR count). The fraction of sp³-hybridized carbons (Fsp3) is 0.667. The molecule has 1 unspecified atom stereocenters. The fourth-order valence-electron chi connectivity index (χ4n) is 1.41. The van der Waals surface area contributed by atoms with Gasteiger partial charge in [-0.15, -0.1) is 0 Å². The minimum atomic E-state index is -1.04. The molecule has 0 aromatic carbocycles. The van der Waals surface area contributed by atoms with Gasteiger partial charge in [-0.05, 0) is 0 Å². The van der Waals surface area contributed by atoms with Crippen molar-refractivity contribution >= 4 is 17.8 Å². The molecule has 1 aliphatic heterocycles. The van der Waals surface area contributed by atoms with Crippen molar-refractivity contribution in [3.05, 3.63) is 0 Å².